The highest BCUT2D eigenvalue weighted by Crippen LogP contribution is 2.40. The second-order valence-corrected chi connectivity index (χ2v) is 8.84. The summed E-state index contributed by atoms with van der Waals surface area (Å²) >= 11 is 1.33. The van der Waals surface area contributed by atoms with Crippen molar-refractivity contribution in [3.8, 4) is 0 Å². The number of benzene rings is 1. The standard InChI is InChI=1S/C20H25FN4O2S/c21-16-5-3-15(4-6-16)11-22-18(26)19-24-23-17(28-19)12-25-9-10-27-14-20(13-25)7-1-2-8-20/h3-6H,1-2,7-14H2,(H,22,26). The topological polar surface area (TPSA) is 67.4 Å². The summed E-state index contributed by atoms with van der Waals surface area (Å²) in [6.45, 7) is 4.54. The number of carbonyl (C=O) groups excluding carboxylic acids is 1. The molecular weight excluding hydrogens is 379 g/mol. The predicted octanol–water partition coefficient (Wildman–Crippen LogP) is 3.00. The zero-order chi connectivity index (χ0) is 19.4. The third-order valence-electron chi connectivity index (χ3n) is 5.57. The lowest BCUT2D eigenvalue weighted by Gasteiger charge is -2.31. The van der Waals surface area contributed by atoms with Gasteiger partial charge in [0.2, 0.25) is 5.01 Å². The SMILES string of the molecule is O=C(NCc1ccc(F)cc1)c1nnc(CN2CCOCC3(CCCC3)C2)s1. The summed E-state index contributed by atoms with van der Waals surface area (Å²) in [5.41, 5.74) is 1.13. The molecule has 2 fully saturated rings. The van der Waals surface area contributed by atoms with Crippen LogP contribution in [0.4, 0.5) is 4.39 Å². The van der Waals surface area contributed by atoms with Crippen LogP contribution in [0.3, 0.4) is 0 Å². The van der Waals surface area contributed by atoms with Gasteiger partial charge in [-0.15, -0.1) is 10.2 Å². The molecular formula is C20H25FN4O2S. The maximum atomic E-state index is 13.0. The van der Waals surface area contributed by atoms with Crippen molar-refractivity contribution in [1.82, 2.24) is 20.4 Å². The summed E-state index contributed by atoms with van der Waals surface area (Å²) in [6.07, 6.45) is 5.04. The number of amides is 1. The Kier molecular flexibility index (Phi) is 5.99. The third kappa shape index (κ3) is 4.74. The fourth-order valence-corrected chi connectivity index (χ4v) is 4.90. The van der Waals surface area contributed by atoms with Crippen LogP contribution < -0.4 is 5.32 Å². The summed E-state index contributed by atoms with van der Waals surface area (Å²) < 4.78 is 18.8. The van der Waals surface area contributed by atoms with Gasteiger partial charge < -0.3 is 10.1 Å². The van der Waals surface area contributed by atoms with Gasteiger partial charge in [-0.2, -0.15) is 0 Å². The largest absolute Gasteiger partial charge is 0.379 e. The van der Waals surface area contributed by atoms with Crippen LogP contribution >= 0.6 is 11.3 Å². The summed E-state index contributed by atoms with van der Waals surface area (Å²) in [7, 11) is 0. The van der Waals surface area contributed by atoms with Crippen molar-refractivity contribution in [3.63, 3.8) is 0 Å². The third-order valence-corrected chi connectivity index (χ3v) is 6.48. The van der Waals surface area contributed by atoms with E-state index in [0.717, 1.165) is 36.9 Å². The second-order valence-electron chi connectivity index (χ2n) is 7.78. The van der Waals surface area contributed by atoms with Crippen molar-refractivity contribution in [1.29, 1.82) is 0 Å². The minimum absolute atomic E-state index is 0.250. The first-order valence-electron chi connectivity index (χ1n) is 9.77. The van der Waals surface area contributed by atoms with Crippen LogP contribution in [-0.2, 0) is 17.8 Å². The van der Waals surface area contributed by atoms with E-state index in [-0.39, 0.29) is 17.1 Å². The summed E-state index contributed by atoms with van der Waals surface area (Å²) in [5, 5.41) is 12.3. The molecule has 1 N–H and O–H groups in total. The van der Waals surface area contributed by atoms with Crippen molar-refractivity contribution in [2.75, 3.05) is 26.3 Å². The Labute approximate surface area is 168 Å². The van der Waals surface area contributed by atoms with Gasteiger partial charge in [0, 0.05) is 25.0 Å². The first-order valence-corrected chi connectivity index (χ1v) is 10.6. The monoisotopic (exact) mass is 404 g/mol. The molecule has 0 atom stereocenters. The van der Waals surface area contributed by atoms with Crippen molar-refractivity contribution in [2.45, 2.75) is 38.8 Å². The molecule has 1 aromatic carbocycles. The van der Waals surface area contributed by atoms with Crippen LogP contribution in [0.1, 0.15) is 46.1 Å². The molecule has 1 spiro atoms. The normalized spacial score (nSPS) is 19.6. The number of aromatic nitrogens is 2. The summed E-state index contributed by atoms with van der Waals surface area (Å²) in [5.74, 6) is -0.540. The number of rotatable bonds is 5. The Hall–Kier alpha value is -1.90. The van der Waals surface area contributed by atoms with E-state index in [1.807, 2.05) is 0 Å². The molecule has 1 aliphatic carbocycles. The van der Waals surface area contributed by atoms with Crippen LogP contribution in [0.15, 0.2) is 24.3 Å². The fourth-order valence-electron chi connectivity index (χ4n) is 4.10. The van der Waals surface area contributed by atoms with Gasteiger partial charge in [-0.25, -0.2) is 4.39 Å². The number of ether oxygens (including phenoxy) is 1. The molecule has 1 aliphatic heterocycles. The highest BCUT2D eigenvalue weighted by Gasteiger charge is 2.37. The van der Waals surface area contributed by atoms with E-state index in [1.165, 1.54) is 49.2 Å². The molecule has 2 aromatic rings. The molecule has 2 aliphatic rings. The number of carbonyl (C=O) groups is 1. The smallest absolute Gasteiger partial charge is 0.282 e. The number of hydrogen-bond donors (Lipinski definition) is 1. The summed E-state index contributed by atoms with van der Waals surface area (Å²) in [6, 6.07) is 6.07. The van der Waals surface area contributed by atoms with Crippen LogP contribution in [0, 0.1) is 11.2 Å². The van der Waals surface area contributed by atoms with Crippen molar-refractivity contribution in [2.24, 2.45) is 5.41 Å². The first-order chi connectivity index (χ1) is 13.6. The van der Waals surface area contributed by atoms with E-state index in [2.05, 4.69) is 20.4 Å². The lowest BCUT2D eigenvalue weighted by Crippen LogP contribution is -2.36. The number of nitrogens with one attached hydrogen (secondary N) is 1. The Bertz CT molecular complexity index is 805. The van der Waals surface area contributed by atoms with Gasteiger partial charge in [0.1, 0.15) is 10.8 Å². The lowest BCUT2D eigenvalue weighted by molar-refractivity contribution is 0.0709. The average molecular weight is 405 g/mol. The summed E-state index contributed by atoms with van der Waals surface area (Å²) in [4.78, 5) is 14.7. The van der Waals surface area contributed by atoms with Crippen molar-refractivity contribution in [3.05, 3.63) is 45.7 Å². The number of hydrogen-bond acceptors (Lipinski definition) is 6. The molecule has 1 amide bonds. The molecule has 8 heteroatoms. The van der Waals surface area contributed by atoms with E-state index in [4.69, 9.17) is 4.74 Å². The molecule has 6 nitrogen and oxygen atoms in total. The predicted molar refractivity (Wildman–Crippen MR) is 104 cm³/mol. The Morgan fingerprint density at radius 3 is 2.82 bits per heavy atom. The van der Waals surface area contributed by atoms with Gasteiger partial charge in [-0.1, -0.05) is 36.3 Å². The Morgan fingerprint density at radius 1 is 1.25 bits per heavy atom. The van der Waals surface area contributed by atoms with Gasteiger partial charge in [0.05, 0.1) is 19.8 Å². The molecule has 1 saturated carbocycles. The van der Waals surface area contributed by atoms with Crippen molar-refractivity contribution < 1.29 is 13.9 Å². The van der Waals surface area contributed by atoms with E-state index >= 15 is 0 Å². The second kappa shape index (κ2) is 8.63. The zero-order valence-electron chi connectivity index (χ0n) is 15.8. The van der Waals surface area contributed by atoms with Gasteiger partial charge in [0.25, 0.3) is 5.91 Å². The minimum Gasteiger partial charge on any atom is -0.379 e. The van der Waals surface area contributed by atoms with Gasteiger partial charge in [-0.3, -0.25) is 9.69 Å². The van der Waals surface area contributed by atoms with Crippen LogP contribution in [-0.4, -0.2) is 47.3 Å². The van der Waals surface area contributed by atoms with E-state index in [0.29, 0.717) is 18.1 Å². The molecule has 4 rings (SSSR count). The number of halogens is 1. The Morgan fingerprint density at radius 2 is 2.04 bits per heavy atom. The molecule has 1 saturated heterocycles. The highest BCUT2D eigenvalue weighted by molar-refractivity contribution is 7.13. The molecule has 0 unspecified atom stereocenters. The lowest BCUT2D eigenvalue weighted by atomic mass is 9.87. The number of nitrogens with zero attached hydrogens (tertiary/aromatic N) is 3. The van der Waals surface area contributed by atoms with Gasteiger partial charge >= 0.3 is 0 Å². The van der Waals surface area contributed by atoms with E-state index < -0.39 is 0 Å². The maximum Gasteiger partial charge on any atom is 0.282 e. The Balaban J connectivity index is 1.33. The van der Waals surface area contributed by atoms with E-state index in [9.17, 15) is 9.18 Å². The van der Waals surface area contributed by atoms with E-state index in [1.54, 1.807) is 12.1 Å². The van der Waals surface area contributed by atoms with Crippen LogP contribution in [0.2, 0.25) is 0 Å². The molecule has 0 bridgehead atoms. The molecule has 150 valence electrons. The van der Waals surface area contributed by atoms with Crippen LogP contribution in [0.25, 0.3) is 0 Å². The minimum atomic E-state index is -0.290. The first kappa shape index (κ1) is 19.4. The average Bonchev–Trinajstić information content (AvgIpc) is 3.29. The van der Waals surface area contributed by atoms with Gasteiger partial charge in [0.15, 0.2) is 0 Å². The quantitative estimate of drug-likeness (QED) is 0.830. The fraction of sp³-hybridized carbons (Fsp3) is 0.550. The van der Waals surface area contributed by atoms with Crippen molar-refractivity contribution >= 4 is 17.2 Å². The molecule has 1 aromatic heterocycles. The zero-order valence-corrected chi connectivity index (χ0v) is 16.6. The van der Waals surface area contributed by atoms with Gasteiger partial charge in [-0.05, 0) is 30.5 Å². The molecule has 0 radical (unpaired) electrons. The maximum absolute atomic E-state index is 13.0. The molecule has 2 heterocycles. The highest BCUT2D eigenvalue weighted by atomic mass is 32.1. The molecule has 28 heavy (non-hydrogen) atoms. The van der Waals surface area contributed by atoms with Crippen LogP contribution in [0.5, 0.6) is 0 Å².